The number of benzene rings is 2. The van der Waals surface area contributed by atoms with E-state index in [0.717, 1.165) is 17.5 Å². The minimum Gasteiger partial charge on any atom is -0.390 e. The van der Waals surface area contributed by atoms with Gasteiger partial charge >= 0.3 is 0 Å². The van der Waals surface area contributed by atoms with Gasteiger partial charge in [0.05, 0.1) is 12.1 Å². The van der Waals surface area contributed by atoms with E-state index in [1.807, 2.05) is 56.3 Å². The van der Waals surface area contributed by atoms with Gasteiger partial charge in [-0.05, 0) is 24.5 Å². The largest absolute Gasteiger partial charge is 0.390 e. The number of fused-ring (bicyclic) bond motifs is 1. The smallest absolute Gasteiger partial charge is 0.223 e. The van der Waals surface area contributed by atoms with E-state index in [-0.39, 0.29) is 17.9 Å². The summed E-state index contributed by atoms with van der Waals surface area (Å²) in [6.45, 7) is 5.98. The highest BCUT2D eigenvalue weighted by Gasteiger charge is 2.32. The van der Waals surface area contributed by atoms with Crippen molar-refractivity contribution in [3.8, 4) is 0 Å². The predicted molar refractivity (Wildman–Crippen MR) is 97.7 cm³/mol. The van der Waals surface area contributed by atoms with E-state index in [2.05, 4.69) is 24.4 Å². The number of aliphatic hydroxyl groups is 1. The Morgan fingerprint density at radius 2 is 1.79 bits per heavy atom. The van der Waals surface area contributed by atoms with Crippen LogP contribution in [0.5, 0.6) is 0 Å². The van der Waals surface area contributed by atoms with Gasteiger partial charge in [-0.2, -0.15) is 0 Å². The van der Waals surface area contributed by atoms with Crippen molar-refractivity contribution in [3.05, 3.63) is 71.3 Å². The third-order valence-corrected chi connectivity index (χ3v) is 4.50. The van der Waals surface area contributed by atoms with Crippen LogP contribution in [0.15, 0.2) is 54.6 Å². The third-order valence-electron chi connectivity index (χ3n) is 4.50. The summed E-state index contributed by atoms with van der Waals surface area (Å²) in [5, 5.41) is 12.9. The lowest BCUT2D eigenvalue weighted by Crippen LogP contribution is -2.36. The van der Waals surface area contributed by atoms with E-state index >= 15 is 0 Å². The van der Waals surface area contributed by atoms with Gasteiger partial charge in [0.2, 0.25) is 5.91 Å². The van der Waals surface area contributed by atoms with Crippen LogP contribution in [-0.4, -0.2) is 17.1 Å². The first-order valence-corrected chi connectivity index (χ1v) is 8.60. The molecule has 3 nitrogen and oxygen atoms in total. The summed E-state index contributed by atoms with van der Waals surface area (Å²) in [6.07, 6.45) is 0.943. The van der Waals surface area contributed by atoms with Crippen molar-refractivity contribution in [3.63, 3.8) is 0 Å². The fraction of sp³-hybridized carbons (Fsp3) is 0.381. The van der Waals surface area contributed by atoms with Crippen LogP contribution in [0.4, 0.5) is 0 Å². The number of hydrogen-bond donors (Lipinski definition) is 2. The molecule has 1 aliphatic rings. The Morgan fingerprint density at radius 3 is 2.38 bits per heavy atom. The number of aliphatic hydroxyl groups excluding tert-OH is 1. The maximum absolute atomic E-state index is 11.9. The maximum Gasteiger partial charge on any atom is 0.223 e. The van der Waals surface area contributed by atoms with Crippen molar-refractivity contribution in [2.24, 2.45) is 5.92 Å². The lowest BCUT2D eigenvalue weighted by Gasteiger charge is -2.20. The molecule has 2 N–H and O–H groups in total. The van der Waals surface area contributed by atoms with Crippen molar-refractivity contribution < 1.29 is 9.90 Å². The first kappa shape index (κ1) is 18.2. The summed E-state index contributed by atoms with van der Waals surface area (Å²) in [7, 11) is 0. The summed E-state index contributed by atoms with van der Waals surface area (Å²) < 4.78 is 0. The summed E-state index contributed by atoms with van der Waals surface area (Å²) >= 11 is 0. The van der Waals surface area contributed by atoms with E-state index in [0.29, 0.717) is 6.42 Å². The molecule has 3 atom stereocenters. The molecular weight excluding hydrogens is 298 g/mol. The van der Waals surface area contributed by atoms with Gasteiger partial charge in [0.1, 0.15) is 0 Å². The summed E-state index contributed by atoms with van der Waals surface area (Å²) in [5.74, 6) is 0.0169. The Kier molecular flexibility index (Phi) is 6.56. The van der Waals surface area contributed by atoms with Crippen LogP contribution in [0.25, 0.3) is 0 Å². The standard InChI is InChI=1S/C14H19NO2.C7H8/c1-3-9(2)14(17)15-13-11-7-5-4-6-10(11)8-12(13)16;1-7-5-3-2-4-6-7/h4-7,9,12-13,16H,3,8H2,1-2H3,(H,15,17);2-6H,1H3/t9?,12?,13-;/m0./s1. The zero-order chi connectivity index (χ0) is 17.5. The highest BCUT2D eigenvalue weighted by Crippen LogP contribution is 2.31. The zero-order valence-corrected chi connectivity index (χ0v) is 14.7. The maximum atomic E-state index is 11.9. The monoisotopic (exact) mass is 325 g/mol. The normalized spacial score (nSPS) is 19.7. The minimum absolute atomic E-state index is 0.00466. The van der Waals surface area contributed by atoms with Gasteiger partial charge in [-0.15, -0.1) is 0 Å². The number of aryl methyl sites for hydroxylation is 1. The second kappa shape index (κ2) is 8.65. The summed E-state index contributed by atoms with van der Waals surface area (Å²) in [5.41, 5.74) is 3.51. The van der Waals surface area contributed by atoms with Crippen molar-refractivity contribution in [1.82, 2.24) is 5.32 Å². The molecule has 2 aromatic carbocycles. The lowest BCUT2D eigenvalue weighted by atomic mass is 10.0. The van der Waals surface area contributed by atoms with Crippen LogP contribution in [-0.2, 0) is 11.2 Å². The first-order valence-electron chi connectivity index (χ1n) is 8.60. The molecule has 0 bridgehead atoms. The molecule has 0 spiro atoms. The quantitative estimate of drug-likeness (QED) is 0.902. The van der Waals surface area contributed by atoms with Crippen LogP contribution in [0, 0.1) is 12.8 Å². The molecule has 1 aliphatic carbocycles. The molecule has 2 unspecified atom stereocenters. The average molecular weight is 325 g/mol. The molecule has 1 amide bonds. The molecule has 3 heteroatoms. The van der Waals surface area contributed by atoms with Gasteiger partial charge in [-0.3, -0.25) is 4.79 Å². The fourth-order valence-corrected chi connectivity index (χ4v) is 2.76. The second-order valence-electron chi connectivity index (χ2n) is 6.42. The minimum atomic E-state index is -0.500. The predicted octanol–water partition coefficient (Wildman–Crippen LogP) is 3.80. The molecular formula is C21H27NO2. The Balaban J connectivity index is 0.000000249. The van der Waals surface area contributed by atoms with Gasteiger partial charge in [0.15, 0.2) is 0 Å². The van der Waals surface area contributed by atoms with Gasteiger partial charge in [0.25, 0.3) is 0 Å². The number of nitrogens with one attached hydrogen (secondary N) is 1. The summed E-state index contributed by atoms with van der Waals surface area (Å²) in [4.78, 5) is 11.9. The third kappa shape index (κ3) is 4.68. The molecule has 0 heterocycles. The van der Waals surface area contributed by atoms with Crippen LogP contribution >= 0.6 is 0 Å². The van der Waals surface area contributed by atoms with Crippen molar-refractivity contribution in [2.75, 3.05) is 0 Å². The number of rotatable bonds is 3. The Morgan fingerprint density at radius 1 is 1.17 bits per heavy atom. The number of amides is 1. The zero-order valence-electron chi connectivity index (χ0n) is 14.7. The van der Waals surface area contributed by atoms with Crippen molar-refractivity contribution in [1.29, 1.82) is 0 Å². The van der Waals surface area contributed by atoms with Gasteiger partial charge < -0.3 is 10.4 Å². The van der Waals surface area contributed by atoms with E-state index < -0.39 is 6.10 Å². The fourth-order valence-electron chi connectivity index (χ4n) is 2.76. The van der Waals surface area contributed by atoms with Crippen LogP contribution in [0.2, 0.25) is 0 Å². The number of carbonyl (C=O) groups excluding carboxylic acids is 1. The molecule has 0 saturated heterocycles. The SMILES string of the molecule is CCC(C)C(=O)N[C@H]1c2ccccc2CC1O.Cc1ccccc1. The molecule has 0 radical (unpaired) electrons. The summed E-state index contributed by atoms with van der Waals surface area (Å²) in [6, 6.07) is 17.9. The van der Waals surface area contributed by atoms with Crippen molar-refractivity contribution >= 4 is 5.91 Å². The van der Waals surface area contributed by atoms with E-state index in [1.165, 1.54) is 5.56 Å². The second-order valence-corrected chi connectivity index (χ2v) is 6.42. The molecule has 0 saturated carbocycles. The van der Waals surface area contributed by atoms with Gasteiger partial charge in [-0.1, -0.05) is 74.0 Å². The average Bonchev–Trinajstić information content (AvgIpc) is 2.91. The van der Waals surface area contributed by atoms with Crippen LogP contribution in [0.1, 0.15) is 43.0 Å². The number of carbonyl (C=O) groups is 1. The van der Waals surface area contributed by atoms with E-state index in [1.54, 1.807) is 0 Å². The van der Waals surface area contributed by atoms with E-state index in [9.17, 15) is 9.90 Å². The van der Waals surface area contributed by atoms with Crippen LogP contribution < -0.4 is 5.32 Å². The highest BCUT2D eigenvalue weighted by molar-refractivity contribution is 5.79. The Labute approximate surface area is 144 Å². The molecule has 0 aliphatic heterocycles. The first-order chi connectivity index (χ1) is 11.5. The van der Waals surface area contributed by atoms with Crippen LogP contribution in [0.3, 0.4) is 0 Å². The van der Waals surface area contributed by atoms with Crippen molar-refractivity contribution in [2.45, 2.75) is 45.8 Å². The molecule has 2 aromatic rings. The van der Waals surface area contributed by atoms with Gasteiger partial charge in [-0.25, -0.2) is 0 Å². The molecule has 0 fully saturated rings. The molecule has 24 heavy (non-hydrogen) atoms. The Bertz CT molecular complexity index is 654. The molecule has 0 aromatic heterocycles. The topological polar surface area (TPSA) is 49.3 Å². The van der Waals surface area contributed by atoms with Gasteiger partial charge in [0, 0.05) is 12.3 Å². The highest BCUT2D eigenvalue weighted by atomic mass is 16.3. The Hall–Kier alpha value is -2.13. The lowest BCUT2D eigenvalue weighted by molar-refractivity contribution is -0.126. The number of hydrogen-bond acceptors (Lipinski definition) is 2. The van der Waals surface area contributed by atoms with E-state index in [4.69, 9.17) is 0 Å². The molecule has 128 valence electrons. The molecule has 3 rings (SSSR count).